The number of amides is 2. The molecule has 25 heavy (non-hydrogen) atoms. The van der Waals surface area contributed by atoms with Crippen molar-refractivity contribution in [2.45, 2.75) is 20.3 Å². The summed E-state index contributed by atoms with van der Waals surface area (Å²) in [5.41, 5.74) is -0.470. The second-order valence-corrected chi connectivity index (χ2v) is 5.32. The van der Waals surface area contributed by atoms with E-state index in [2.05, 4.69) is 10.5 Å². The molecular weight excluding hydrogens is 339 g/mol. The maximum atomic E-state index is 13.6. The van der Waals surface area contributed by atoms with Crippen LogP contribution in [-0.4, -0.2) is 35.0 Å². The van der Waals surface area contributed by atoms with Crippen molar-refractivity contribution < 1.29 is 27.3 Å². The molecule has 0 bridgehead atoms. The first-order valence-corrected chi connectivity index (χ1v) is 7.49. The first-order valence-electron chi connectivity index (χ1n) is 7.49. The first-order chi connectivity index (χ1) is 11.8. The van der Waals surface area contributed by atoms with Gasteiger partial charge in [0.15, 0.2) is 23.1 Å². The molecule has 0 unspecified atom stereocenters. The van der Waals surface area contributed by atoms with Gasteiger partial charge in [-0.2, -0.15) is 0 Å². The van der Waals surface area contributed by atoms with Gasteiger partial charge in [-0.25, -0.2) is 13.2 Å². The summed E-state index contributed by atoms with van der Waals surface area (Å²) >= 11 is 0. The van der Waals surface area contributed by atoms with Crippen molar-refractivity contribution in [2.75, 3.05) is 18.4 Å². The average Bonchev–Trinajstić information content (AvgIpc) is 3.01. The molecule has 2 rings (SSSR count). The Labute approximate surface area is 141 Å². The zero-order valence-electron chi connectivity index (χ0n) is 13.6. The van der Waals surface area contributed by atoms with Crippen molar-refractivity contribution in [2.24, 2.45) is 0 Å². The minimum atomic E-state index is -1.68. The highest BCUT2D eigenvalue weighted by Crippen LogP contribution is 2.19. The molecule has 1 aromatic heterocycles. The molecule has 0 fully saturated rings. The lowest BCUT2D eigenvalue weighted by molar-refractivity contribution is -0.116. The highest BCUT2D eigenvalue weighted by atomic mass is 19.2. The summed E-state index contributed by atoms with van der Waals surface area (Å²) in [6, 6.07) is 3.03. The zero-order valence-corrected chi connectivity index (χ0v) is 13.6. The van der Waals surface area contributed by atoms with E-state index in [0.717, 1.165) is 6.07 Å². The highest BCUT2D eigenvalue weighted by Gasteiger charge is 2.22. The number of aromatic nitrogens is 1. The van der Waals surface area contributed by atoms with Crippen molar-refractivity contribution in [1.29, 1.82) is 0 Å². The maximum absolute atomic E-state index is 13.6. The number of carbonyl (C=O) groups excluding carboxylic acids is 2. The quantitative estimate of drug-likeness (QED) is 0.809. The number of anilines is 1. The van der Waals surface area contributed by atoms with Crippen LogP contribution in [0, 0.1) is 24.4 Å². The van der Waals surface area contributed by atoms with Crippen LogP contribution in [-0.2, 0) is 4.79 Å². The molecule has 0 aliphatic heterocycles. The van der Waals surface area contributed by atoms with Crippen LogP contribution in [0.5, 0.6) is 0 Å². The molecule has 0 aliphatic carbocycles. The zero-order chi connectivity index (χ0) is 18.6. The third kappa shape index (κ3) is 4.37. The van der Waals surface area contributed by atoms with Crippen LogP contribution in [0.3, 0.4) is 0 Å². The van der Waals surface area contributed by atoms with Crippen molar-refractivity contribution in [3.8, 4) is 0 Å². The summed E-state index contributed by atoms with van der Waals surface area (Å²) in [7, 11) is 0. The summed E-state index contributed by atoms with van der Waals surface area (Å²) in [4.78, 5) is 25.6. The molecular formula is C16H16F3N3O3. The van der Waals surface area contributed by atoms with E-state index in [9.17, 15) is 22.8 Å². The van der Waals surface area contributed by atoms with E-state index < -0.39 is 41.5 Å². The fourth-order valence-electron chi connectivity index (χ4n) is 2.14. The van der Waals surface area contributed by atoms with Crippen molar-refractivity contribution in [3.63, 3.8) is 0 Å². The molecule has 0 saturated carbocycles. The molecule has 2 aromatic rings. The standard InChI is InChI=1S/C16H16F3N3O3/c1-3-6-22(16(24)12-7-9(2)25-21-12)8-13(23)20-11-5-4-10(17)14(18)15(11)19/h4-5,7H,3,6,8H2,1-2H3,(H,20,23). The Kier molecular flexibility index (Phi) is 5.79. The Morgan fingerprint density at radius 1 is 1.24 bits per heavy atom. The Morgan fingerprint density at radius 3 is 2.56 bits per heavy atom. The number of halogens is 3. The van der Waals surface area contributed by atoms with Gasteiger partial charge in [0.25, 0.3) is 5.91 Å². The summed E-state index contributed by atoms with van der Waals surface area (Å²) in [5.74, 6) is -5.40. The topological polar surface area (TPSA) is 75.4 Å². The third-order valence-corrected chi connectivity index (χ3v) is 3.27. The van der Waals surface area contributed by atoms with Crippen LogP contribution < -0.4 is 5.32 Å². The molecule has 6 nitrogen and oxygen atoms in total. The summed E-state index contributed by atoms with van der Waals surface area (Å²) in [5, 5.41) is 5.72. The number of hydrogen-bond acceptors (Lipinski definition) is 4. The Bertz CT molecular complexity index is 792. The highest BCUT2D eigenvalue weighted by molar-refractivity contribution is 5.98. The second kappa shape index (κ2) is 7.82. The van der Waals surface area contributed by atoms with Crippen molar-refractivity contribution in [1.82, 2.24) is 10.1 Å². The average molecular weight is 355 g/mol. The van der Waals surface area contributed by atoms with E-state index in [4.69, 9.17) is 4.52 Å². The van der Waals surface area contributed by atoms with Gasteiger partial charge in [-0.15, -0.1) is 0 Å². The number of aryl methyl sites for hydroxylation is 1. The minimum Gasteiger partial charge on any atom is -0.361 e. The van der Waals surface area contributed by atoms with Gasteiger partial charge in [-0.3, -0.25) is 9.59 Å². The molecule has 9 heteroatoms. The SMILES string of the molecule is CCCN(CC(=O)Nc1ccc(F)c(F)c1F)C(=O)c1cc(C)on1. The molecule has 0 saturated heterocycles. The van der Waals surface area contributed by atoms with Gasteiger partial charge in [0.05, 0.1) is 5.69 Å². The van der Waals surface area contributed by atoms with Gasteiger partial charge < -0.3 is 14.7 Å². The number of hydrogen-bond donors (Lipinski definition) is 1. The van der Waals surface area contributed by atoms with Crippen LogP contribution >= 0.6 is 0 Å². The van der Waals surface area contributed by atoms with Crippen LogP contribution in [0.1, 0.15) is 29.6 Å². The number of nitrogens with one attached hydrogen (secondary N) is 1. The predicted octanol–water partition coefficient (Wildman–Crippen LogP) is 2.89. The van der Waals surface area contributed by atoms with Crippen molar-refractivity contribution in [3.05, 3.63) is 47.1 Å². The van der Waals surface area contributed by atoms with Gasteiger partial charge in [-0.1, -0.05) is 12.1 Å². The fraction of sp³-hybridized carbons (Fsp3) is 0.312. The maximum Gasteiger partial charge on any atom is 0.276 e. The lowest BCUT2D eigenvalue weighted by atomic mass is 10.2. The monoisotopic (exact) mass is 355 g/mol. The van der Waals surface area contributed by atoms with Crippen LogP contribution in [0.4, 0.5) is 18.9 Å². The third-order valence-electron chi connectivity index (χ3n) is 3.27. The summed E-state index contributed by atoms with van der Waals surface area (Å²) in [6.07, 6.45) is 0.565. The number of benzene rings is 1. The molecule has 134 valence electrons. The molecule has 1 N–H and O–H groups in total. The number of nitrogens with zero attached hydrogens (tertiary/aromatic N) is 2. The predicted molar refractivity (Wildman–Crippen MR) is 82.4 cm³/mol. The van der Waals surface area contributed by atoms with E-state index in [1.165, 1.54) is 11.0 Å². The number of rotatable bonds is 6. The molecule has 2 amide bonds. The van der Waals surface area contributed by atoms with E-state index in [-0.39, 0.29) is 12.2 Å². The largest absolute Gasteiger partial charge is 0.361 e. The fourth-order valence-corrected chi connectivity index (χ4v) is 2.14. The van der Waals surface area contributed by atoms with Gasteiger partial charge in [0.2, 0.25) is 5.91 Å². The second-order valence-electron chi connectivity index (χ2n) is 5.32. The molecule has 0 spiro atoms. The van der Waals surface area contributed by atoms with Crippen LogP contribution in [0.25, 0.3) is 0 Å². The lowest BCUT2D eigenvalue weighted by Gasteiger charge is -2.20. The number of carbonyl (C=O) groups is 2. The van der Waals surface area contributed by atoms with E-state index in [1.807, 2.05) is 0 Å². The van der Waals surface area contributed by atoms with Crippen LogP contribution in [0.2, 0.25) is 0 Å². The summed E-state index contributed by atoms with van der Waals surface area (Å²) in [6.45, 7) is 3.27. The minimum absolute atomic E-state index is 0.0396. The molecule has 1 aromatic carbocycles. The molecule has 0 radical (unpaired) electrons. The Balaban J connectivity index is 2.10. The van der Waals surface area contributed by atoms with Gasteiger partial charge >= 0.3 is 0 Å². The smallest absolute Gasteiger partial charge is 0.276 e. The Morgan fingerprint density at radius 2 is 1.96 bits per heavy atom. The van der Waals surface area contributed by atoms with E-state index >= 15 is 0 Å². The molecule has 0 aliphatic rings. The van der Waals surface area contributed by atoms with Crippen molar-refractivity contribution >= 4 is 17.5 Å². The molecule has 0 atom stereocenters. The lowest BCUT2D eigenvalue weighted by Crippen LogP contribution is -2.38. The van der Waals surface area contributed by atoms with E-state index in [0.29, 0.717) is 18.2 Å². The van der Waals surface area contributed by atoms with Gasteiger partial charge in [0.1, 0.15) is 12.3 Å². The first kappa shape index (κ1) is 18.5. The Hall–Kier alpha value is -2.84. The molecule has 1 heterocycles. The van der Waals surface area contributed by atoms with Crippen LogP contribution in [0.15, 0.2) is 22.7 Å². The summed E-state index contributed by atoms with van der Waals surface area (Å²) < 4.78 is 44.5. The van der Waals surface area contributed by atoms with Gasteiger partial charge in [0, 0.05) is 12.6 Å². The van der Waals surface area contributed by atoms with Gasteiger partial charge in [-0.05, 0) is 25.5 Å². The normalized spacial score (nSPS) is 10.6. The van der Waals surface area contributed by atoms with E-state index in [1.54, 1.807) is 13.8 Å².